The molecular formula is C23H28KN5O7S. The number of carbonyl (C=O) groups excluding carboxylic acids is 5. The molecule has 3 heterocycles. The molecule has 0 unspecified atom stereocenters. The zero-order chi connectivity index (χ0) is 26.4. The molecular weight excluding hydrogens is 529 g/mol. The van der Waals surface area contributed by atoms with Gasteiger partial charge in [-0.05, 0) is 26.3 Å². The number of nitrogens with zero attached hydrogens (tertiary/aromatic N) is 3. The number of imide groups is 1. The molecule has 14 heteroatoms. The Morgan fingerprint density at radius 2 is 1.78 bits per heavy atom. The Kier molecular flexibility index (Phi) is 9.12. The van der Waals surface area contributed by atoms with Gasteiger partial charge in [0.2, 0.25) is 11.8 Å². The predicted octanol–water partition coefficient (Wildman–Crippen LogP) is -3.12. The molecule has 3 fully saturated rings. The number of piperazine rings is 1. The zero-order valence-corrected chi connectivity index (χ0v) is 24.9. The largest absolute Gasteiger partial charge is 1.00 e. The van der Waals surface area contributed by atoms with Crippen LogP contribution in [0, 0.1) is 0 Å². The van der Waals surface area contributed by atoms with E-state index < -0.39 is 63.9 Å². The molecule has 3 aliphatic rings. The van der Waals surface area contributed by atoms with Crippen LogP contribution in [-0.4, -0.2) is 97.3 Å². The first-order valence-corrected chi connectivity index (χ1v) is 12.3. The zero-order valence-electron chi connectivity index (χ0n) is 22.0. The third-order valence-electron chi connectivity index (χ3n) is 6.57. The maximum Gasteiger partial charge on any atom is 1.00 e. The van der Waals surface area contributed by atoms with Crippen molar-refractivity contribution in [3.63, 3.8) is 0 Å². The molecule has 4 atom stereocenters. The Balaban J connectivity index is 0.00000253. The number of carboxylic acid groups (broad SMARTS) is 1. The molecule has 37 heavy (non-hydrogen) atoms. The predicted molar refractivity (Wildman–Crippen MR) is 128 cm³/mol. The minimum Gasteiger partial charge on any atom is -1.00 e. The van der Waals surface area contributed by atoms with Gasteiger partial charge in [0.1, 0.15) is 23.5 Å². The van der Waals surface area contributed by atoms with Crippen LogP contribution in [0.4, 0.5) is 4.79 Å². The Hall–Kier alpha value is -1.97. The van der Waals surface area contributed by atoms with E-state index >= 15 is 0 Å². The molecule has 0 spiro atoms. The summed E-state index contributed by atoms with van der Waals surface area (Å²) in [4.78, 5) is 78.8. The molecule has 1 aromatic carbocycles. The van der Waals surface area contributed by atoms with E-state index in [1.54, 1.807) is 51.1 Å². The number of thioether (sulfide) groups is 1. The van der Waals surface area contributed by atoms with Crippen molar-refractivity contribution in [2.75, 3.05) is 19.6 Å². The van der Waals surface area contributed by atoms with Crippen molar-refractivity contribution in [3.8, 4) is 0 Å². The van der Waals surface area contributed by atoms with Gasteiger partial charge in [-0.1, -0.05) is 30.3 Å². The minimum absolute atomic E-state index is 0. The minimum atomic E-state index is -1.26. The van der Waals surface area contributed by atoms with Crippen LogP contribution in [0.1, 0.15) is 33.8 Å². The maximum absolute atomic E-state index is 13.3. The van der Waals surface area contributed by atoms with E-state index in [1.807, 2.05) is 0 Å². The summed E-state index contributed by atoms with van der Waals surface area (Å²) in [7, 11) is 0. The SMILES string of the molecule is CCN1CCN(C(=O)N[C@@H](C(=O)N[C@@H]2C(=O)N3[C@@H]2SC(C)(C)[C@@H]3C(=O)O)c2ccccc2)C(=O)C1=O.[H-].[K+]. The van der Waals surface area contributed by atoms with Crippen molar-refractivity contribution in [1.29, 1.82) is 0 Å². The van der Waals surface area contributed by atoms with E-state index in [0.29, 0.717) is 12.1 Å². The van der Waals surface area contributed by atoms with Gasteiger partial charge in [0.15, 0.2) is 0 Å². The molecule has 3 saturated heterocycles. The third-order valence-corrected chi connectivity index (χ3v) is 8.14. The number of rotatable bonds is 6. The molecule has 1 aromatic rings. The van der Waals surface area contributed by atoms with Crippen LogP contribution in [0.15, 0.2) is 30.3 Å². The number of hydrogen-bond donors (Lipinski definition) is 3. The number of benzene rings is 1. The number of likely N-dealkylation sites (N-methyl/N-ethyl adjacent to an activating group) is 1. The molecule has 3 N–H and O–H groups in total. The van der Waals surface area contributed by atoms with Gasteiger partial charge in [-0.25, -0.2) is 9.59 Å². The Labute approximate surface area is 261 Å². The van der Waals surface area contributed by atoms with Crippen LogP contribution in [0.5, 0.6) is 0 Å². The fourth-order valence-electron chi connectivity index (χ4n) is 4.70. The number of urea groups is 1. The molecule has 12 nitrogen and oxygen atoms in total. The summed E-state index contributed by atoms with van der Waals surface area (Å²) in [6, 6.07) is 4.11. The standard InChI is InChI=1S/C23H27N5O7S.K.H/c1-4-26-10-11-27(19(32)18(26)31)22(35)25-13(12-8-6-5-7-9-12)16(29)24-14-17(30)28-15(21(33)34)23(2,3)36-20(14)28;;/h5-9,13-15,20H,4,10-11H2,1-3H3,(H,24,29)(H,25,35)(H,33,34);;/q;+1;-1/t13-,14-,15+,20-;;/m1../s1. The second kappa shape index (κ2) is 11.4. The third kappa shape index (κ3) is 5.45. The second-order valence-electron chi connectivity index (χ2n) is 9.22. The van der Waals surface area contributed by atoms with Gasteiger partial charge in [0.25, 0.3) is 0 Å². The monoisotopic (exact) mass is 557 g/mol. The average Bonchev–Trinajstić information content (AvgIpc) is 3.10. The van der Waals surface area contributed by atoms with Crippen LogP contribution in [0.25, 0.3) is 0 Å². The number of nitrogens with one attached hydrogen (secondary N) is 2. The summed E-state index contributed by atoms with van der Waals surface area (Å²) in [6.07, 6.45) is 0. The van der Waals surface area contributed by atoms with E-state index in [-0.39, 0.29) is 65.9 Å². The summed E-state index contributed by atoms with van der Waals surface area (Å²) < 4.78 is -0.758. The first-order chi connectivity index (χ1) is 17.0. The van der Waals surface area contributed by atoms with Crippen LogP contribution in [0.3, 0.4) is 0 Å². The molecule has 0 saturated carbocycles. The summed E-state index contributed by atoms with van der Waals surface area (Å²) >= 11 is 1.28. The van der Waals surface area contributed by atoms with Gasteiger partial charge in [-0.15, -0.1) is 11.8 Å². The summed E-state index contributed by atoms with van der Waals surface area (Å²) in [5.74, 6) is -4.12. The molecule has 194 valence electrons. The Morgan fingerprint density at radius 3 is 2.38 bits per heavy atom. The van der Waals surface area contributed by atoms with E-state index in [1.165, 1.54) is 21.6 Å². The second-order valence-corrected chi connectivity index (χ2v) is 11.0. The summed E-state index contributed by atoms with van der Waals surface area (Å²) in [5.41, 5.74) is 0.403. The van der Waals surface area contributed by atoms with E-state index in [0.717, 1.165) is 4.90 Å². The number of β-lactam (4-membered cyclic amide) rings is 1. The van der Waals surface area contributed by atoms with Crippen molar-refractivity contribution in [1.82, 2.24) is 25.3 Å². The van der Waals surface area contributed by atoms with Gasteiger partial charge in [0, 0.05) is 24.4 Å². The normalized spacial score (nSPS) is 25.0. The fraction of sp³-hybridized carbons (Fsp3) is 0.478. The number of amides is 6. The van der Waals surface area contributed by atoms with E-state index in [4.69, 9.17) is 0 Å². The van der Waals surface area contributed by atoms with Crippen molar-refractivity contribution in [3.05, 3.63) is 35.9 Å². The molecule has 0 aliphatic carbocycles. The fourth-order valence-corrected chi connectivity index (χ4v) is 6.32. The first kappa shape index (κ1) is 29.6. The van der Waals surface area contributed by atoms with E-state index in [9.17, 15) is 33.9 Å². The van der Waals surface area contributed by atoms with Gasteiger partial charge in [0.05, 0.1) is 0 Å². The van der Waals surface area contributed by atoms with Crippen molar-refractivity contribution in [2.24, 2.45) is 0 Å². The maximum atomic E-state index is 13.3. The number of hydrogen-bond acceptors (Lipinski definition) is 7. The van der Waals surface area contributed by atoms with Crippen LogP contribution in [0.2, 0.25) is 0 Å². The molecule has 6 amide bonds. The van der Waals surface area contributed by atoms with E-state index in [2.05, 4.69) is 10.6 Å². The van der Waals surface area contributed by atoms with Gasteiger partial charge in [-0.2, -0.15) is 0 Å². The van der Waals surface area contributed by atoms with Crippen LogP contribution in [-0.2, 0) is 24.0 Å². The Morgan fingerprint density at radius 1 is 1.14 bits per heavy atom. The molecule has 0 bridgehead atoms. The van der Waals surface area contributed by atoms with Gasteiger partial charge >= 0.3 is 75.2 Å². The van der Waals surface area contributed by atoms with Crippen LogP contribution < -0.4 is 62.0 Å². The van der Waals surface area contributed by atoms with Gasteiger partial charge < -0.3 is 27.0 Å². The number of fused-ring (bicyclic) bond motifs is 1. The first-order valence-electron chi connectivity index (χ1n) is 11.5. The molecule has 0 aromatic heterocycles. The van der Waals surface area contributed by atoms with Crippen molar-refractivity contribution in [2.45, 2.75) is 49.0 Å². The molecule has 3 aliphatic heterocycles. The van der Waals surface area contributed by atoms with Crippen molar-refractivity contribution < 1.29 is 86.7 Å². The average molecular weight is 558 g/mol. The number of aliphatic carboxylic acids is 1. The summed E-state index contributed by atoms with van der Waals surface area (Å²) in [5, 5.41) is 14.2. The summed E-state index contributed by atoms with van der Waals surface area (Å²) in [6.45, 7) is 5.67. The van der Waals surface area contributed by atoms with Crippen molar-refractivity contribution >= 4 is 47.4 Å². The smallest absolute Gasteiger partial charge is 1.00 e. The quantitative estimate of drug-likeness (QED) is 0.188. The number of carbonyl (C=O) groups is 6. The molecule has 0 radical (unpaired) electrons. The van der Waals surface area contributed by atoms with Gasteiger partial charge in [-0.3, -0.25) is 24.1 Å². The Bertz CT molecular complexity index is 1140. The topological polar surface area (TPSA) is 156 Å². The molecule has 4 rings (SSSR count). The number of carboxylic acids is 1. The van der Waals surface area contributed by atoms with Crippen LogP contribution >= 0.6 is 11.8 Å².